The average Bonchev–Trinajstić information content (AvgIpc) is 3.27. The molecule has 1 amide bonds. The van der Waals surface area contributed by atoms with Gasteiger partial charge in [0.2, 0.25) is 0 Å². The highest BCUT2D eigenvalue weighted by Gasteiger charge is 2.24. The van der Waals surface area contributed by atoms with Crippen molar-refractivity contribution in [2.75, 3.05) is 12.4 Å². The first-order valence-electron chi connectivity index (χ1n) is 10.2. The van der Waals surface area contributed by atoms with Gasteiger partial charge in [-0.25, -0.2) is 9.59 Å². The molecule has 0 bridgehead atoms. The number of aromatic nitrogens is 2. The SMILES string of the molecule is COC(=O)c1cc(NC(=O)c2[nH]c(C)c(C(=O)OC(C)C)c2C)cn1Cc1ccccc1. The van der Waals surface area contributed by atoms with E-state index in [1.165, 1.54) is 7.11 Å². The lowest BCUT2D eigenvalue weighted by Crippen LogP contribution is -2.15. The summed E-state index contributed by atoms with van der Waals surface area (Å²) < 4.78 is 11.9. The summed E-state index contributed by atoms with van der Waals surface area (Å²) in [6, 6.07) is 11.2. The zero-order valence-electron chi connectivity index (χ0n) is 18.8. The van der Waals surface area contributed by atoms with Gasteiger partial charge in [0.1, 0.15) is 11.4 Å². The van der Waals surface area contributed by atoms with Gasteiger partial charge in [0.25, 0.3) is 5.91 Å². The summed E-state index contributed by atoms with van der Waals surface area (Å²) in [6.07, 6.45) is 1.41. The molecule has 2 N–H and O–H groups in total. The van der Waals surface area contributed by atoms with Gasteiger partial charge in [-0.05, 0) is 44.9 Å². The summed E-state index contributed by atoms with van der Waals surface area (Å²) in [7, 11) is 1.31. The maximum absolute atomic E-state index is 12.9. The number of nitrogens with zero attached hydrogens (tertiary/aromatic N) is 1. The fraction of sp³-hybridized carbons (Fsp3) is 0.292. The summed E-state index contributed by atoms with van der Waals surface area (Å²) >= 11 is 0. The zero-order valence-corrected chi connectivity index (χ0v) is 18.8. The third-order valence-electron chi connectivity index (χ3n) is 4.96. The van der Waals surface area contributed by atoms with Gasteiger partial charge in [0.15, 0.2) is 0 Å². The Hall–Kier alpha value is -3.81. The van der Waals surface area contributed by atoms with Gasteiger partial charge in [0.05, 0.1) is 24.5 Å². The van der Waals surface area contributed by atoms with Crippen molar-refractivity contribution in [1.29, 1.82) is 0 Å². The molecule has 1 aromatic carbocycles. The van der Waals surface area contributed by atoms with E-state index in [0.717, 1.165) is 5.56 Å². The Balaban J connectivity index is 1.86. The highest BCUT2D eigenvalue weighted by Crippen LogP contribution is 2.22. The van der Waals surface area contributed by atoms with Crippen LogP contribution in [0.15, 0.2) is 42.6 Å². The minimum atomic E-state index is -0.507. The van der Waals surface area contributed by atoms with Gasteiger partial charge in [-0.3, -0.25) is 4.79 Å². The second-order valence-corrected chi connectivity index (χ2v) is 7.75. The number of ether oxygens (including phenoxy) is 2. The number of aromatic amines is 1. The molecule has 2 aromatic heterocycles. The topological polar surface area (TPSA) is 102 Å². The third-order valence-corrected chi connectivity index (χ3v) is 4.96. The largest absolute Gasteiger partial charge is 0.464 e. The molecule has 0 atom stereocenters. The van der Waals surface area contributed by atoms with Gasteiger partial charge in [-0.15, -0.1) is 0 Å². The van der Waals surface area contributed by atoms with Crippen LogP contribution in [-0.4, -0.2) is 40.6 Å². The quantitative estimate of drug-likeness (QED) is 0.542. The Kier molecular flexibility index (Phi) is 6.82. The number of hydrogen-bond acceptors (Lipinski definition) is 5. The van der Waals surface area contributed by atoms with E-state index >= 15 is 0 Å². The van der Waals surface area contributed by atoms with E-state index in [2.05, 4.69) is 10.3 Å². The molecule has 0 aliphatic heterocycles. The lowest BCUT2D eigenvalue weighted by Gasteiger charge is -2.08. The van der Waals surface area contributed by atoms with Crippen LogP contribution in [-0.2, 0) is 16.0 Å². The van der Waals surface area contributed by atoms with Crippen LogP contribution in [0.2, 0.25) is 0 Å². The number of benzene rings is 1. The van der Waals surface area contributed by atoms with Crippen LogP contribution in [0.5, 0.6) is 0 Å². The molecule has 0 saturated carbocycles. The van der Waals surface area contributed by atoms with E-state index in [-0.39, 0.29) is 11.8 Å². The number of hydrogen-bond donors (Lipinski definition) is 2. The van der Waals surface area contributed by atoms with Crippen LogP contribution in [0.25, 0.3) is 0 Å². The van der Waals surface area contributed by atoms with Crippen molar-refractivity contribution >= 4 is 23.5 Å². The summed E-state index contributed by atoms with van der Waals surface area (Å²) in [5.74, 6) is -1.41. The normalized spacial score (nSPS) is 10.8. The van der Waals surface area contributed by atoms with Gasteiger partial charge in [-0.1, -0.05) is 30.3 Å². The molecule has 3 aromatic rings. The predicted octanol–water partition coefficient (Wildman–Crippen LogP) is 4.09. The van der Waals surface area contributed by atoms with Crippen molar-refractivity contribution in [3.8, 4) is 0 Å². The summed E-state index contributed by atoms with van der Waals surface area (Å²) in [5, 5.41) is 2.79. The van der Waals surface area contributed by atoms with E-state index in [0.29, 0.717) is 34.7 Å². The van der Waals surface area contributed by atoms with Gasteiger partial charge >= 0.3 is 11.9 Å². The van der Waals surface area contributed by atoms with E-state index < -0.39 is 17.8 Å². The first kappa shape index (κ1) is 22.9. The highest BCUT2D eigenvalue weighted by molar-refractivity contribution is 6.07. The number of carbonyl (C=O) groups excluding carboxylic acids is 3. The number of carbonyl (C=O) groups is 3. The molecule has 32 heavy (non-hydrogen) atoms. The summed E-state index contributed by atoms with van der Waals surface area (Å²) in [5.41, 5.74) is 3.40. The van der Waals surface area contributed by atoms with Crippen molar-refractivity contribution in [2.45, 2.75) is 40.3 Å². The molecule has 3 rings (SSSR count). The maximum Gasteiger partial charge on any atom is 0.354 e. The van der Waals surface area contributed by atoms with E-state index in [9.17, 15) is 14.4 Å². The van der Waals surface area contributed by atoms with Crippen molar-refractivity contribution < 1.29 is 23.9 Å². The Bertz CT molecular complexity index is 1140. The lowest BCUT2D eigenvalue weighted by atomic mass is 10.1. The molecule has 0 aliphatic carbocycles. The first-order chi connectivity index (χ1) is 15.2. The number of methoxy groups -OCH3 is 1. The molecule has 0 saturated heterocycles. The summed E-state index contributed by atoms with van der Waals surface area (Å²) in [4.78, 5) is 40.6. The Morgan fingerprint density at radius 2 is 1.78 bits per heavy atom. The zero-order chi connectivity index (χ0) is 23.4. The molecule has 2 heterocycles. The second kappa shape index (κ2) is 9.55. The Morgan fingerprint density at radius 3 is 2.41 bits per heavy atom. The Morgan fingerprint density at radius 1 is 1.09 bits per heavy atom. The average molecular weight is 437 g/mol. The van der Waals surface area contributed by atoms with Gasteiger partial charge < -0.3 is 24.3 Å². The number of nitrogens with one attached hydrogen (secondary N) is 2. The minimum Gasteiger partial charge on any atom is -0.464 e. The standard InChI is InChI=1S/C24H27N3O5/c1-14(2)32-24(30)20-15(3)21(25-16(20)4)22(28)26-18-11-19(23(29)31-5)27(13-18)12-17-9-7-6-8-10-17/h6-11,13-14,25H,12H2,1-5H3,(H,26,28). The number of aryl methyl sites for hydroxylation is 1. The van der Waals surface area contributed by atoms with Gasteiger partial charge in [-0.2, -0.15) is 0 Å². The smallest absolute Gasteiger partial charge is 0.354 e. The van der Waals surface area contributed by atoms with Crippen molar-refractivity contribution in [3.05, 3.63) is 76.4 Å². The van der Waals surface area contributed by atoms with Gasteiger partial charge in [0, 0.05) is 18.4 Å². The molecule has 0 spiro atoms. The molecule has 8 nitrogen and oxygen atoms in total. The first-order valence-corrected chi connectivity index (χ1v) is 10.2. The lowest BCUT2D eigenvalue weighted by molar-refractivity contribution is 0.0376. The van der Waals surface area contributed by atoms with Crippen LogP contribution in [0.1, 0.15) is 62.0 Å². The molecule has 0 radical (unpaired) electrons. The van der Waals surface area contributed by atoms with E-state index in [1.807, 2.05) is 30.3 Å². The van der Waals surface area contributed by atoms with Crippen LogP contribution >= 0.6 is 0 Å². The highest BCUT2D eigenvalue weighted by atomic mass is 16.5. The molecule has 8 heteroatoms. The van der Waals surface area contributed by atoms with E-state index in [4.69, 9.17) is 9.47 Å². The number of esters is 2. The molecule has 0 fully saturated rings. The second-order valence-electron chi connectivity index (χ2n) is 7.75. The molecule has 0 unspecified atom stereocenters. The monoisotopic (exact) mass is 437 g/mol. The number of amides is 1. The number of rotatable bonds is 7. The molecule has 168 valence electrons. The van der Waals surface area contributed by atoms with E-state index in [1.54, 1.807) is 44.5 Å². The maximum atomic E-state index is 12.9. The van der Waals surface area contributed by atoms with Crippen LogP contribution in [0, 0.1) is 13.8 Å². The summed E-state index contributed by atoms with van der Waals surface area (Å²) in [6.45, 7) is 7.37. The Labute approximate surface area is 186 Å². The van der Waals surface area contributed by atoms with Crippen LogP contribution in [0.3, 0.4) is 0 Å². The third kappa shape index (κ3) is 4.91. The molecular formula is C24H27N3O5. The fourth-order valence-corrected chi connectivity index (χ4v) is 3.51. The fourth-order valence-electron chi connectivity index (χ4n) is 3.51. The minimum absolute atomic E-state index is 0.258. The number of anilines is 1. The van der Waals surface area contributed by atoms with Crippen molar-refractivity contribution in [1.82, 2.24) is 9.55 Å². The number of H-pyrrole nitrogens is 1. The molecule has 0 aliphatic rings. The molecular weight excluding hydrogens is 410 g/mol. The van der Waals surface area contributed by atoms with Crippen molar-refractivity contribution in [3.63, 3.8) is 0 Å². The van der Waals surface area contributed by atoms with Crippen LogP contribution in [0.4, 0.5) is 5.69 Å². The predicted molar refractivity (Wildman–Crippen MR) is 120 cm³/mol. The van der Waals surface area contributed by atoms with Crippen molar-refractivity contribution in [2.24, 2.45) is 0 Å². The van der Waals surface area contributed by atoms with Crippen LogP contribution < -0.4 is 5.32 Å².